The zero-order valence-corrected chi connectivity index (χ0v) is 11.0. The highest BCUT2D eigenvalue weighted by molar-refractivity contribution is 7.98. The van der Waals surface area contributed by atoms with E-state index < -0.39 is 4.92 Å². The summed E-state index contributed by atoms with van der Waals surface area (Å²) < 4.78 is 0. The minimum absolute atomic E-state index is 0.459. The van der Waals surface area contributed by atoms with Gasteiger partial charge < -0.3 is 0 Å². The minimum Gasteiger partial charge on any atom is -0.259 e. The molecular weight excluding hydrogens is 258 g/mol. The first kappa shape index (κ1) is 13.4. The molecule has 0 unspecified atom stereocenters. The fourth-order valence-electron chi connectivity index (χ4n) is 1.56. The van der Waals surface area contributed by atoms with E-state index in [-0.39, 0.29) is 0 Å². The van der Waals surface area contributed by atoms with Crippen molar-refractivity contribution >= 4 is 17.8 Å². The maximum atomic E-state index is 10.2. The molecule has 0 aliphatic rings. The summed E-state index contributed by atoms with van der Waals surface area (Å²) in [5.41, 5.74) is 2.04. The second kappa shape index (κ2) is 6.75. The van der Waals surface area contributed by atoms with Crippen LogP contribution in [-0.2, 0) is 5.75 Å². The molecule has 2 aromatic rings. The molecule has 96 valence electrons. The molecule has 0 spiro atoms. The van der Waals surface area contributed by atoms with Gasteiger partial charge >= 0.3 is 0 Å². The monoisotopic (exact) mass is 271 g/mol. The lowest BCUT2D eigenvalue weighted by Gasteiger charge is -2.02. The van der Waals surface area contributed by atoms with E-state index in [2.05, 4.69) is 12.1 Å². The van der Waals surface area contributed by atoms with Crippen molar-refractivity contribution in [1.82, 2.24) is 0 Å². The Balaban J connectivity index is 1.94. The number of hydrogen-bond acceptors (Lipinski definition) is 3. The van der Waals surface area contributed by atoms with Gasteiger partial charge in [0.25, 0.3) is 0 Å². The highest BCUT2D eigenvalue weighted by Gasteiger charge is 1.96. The van der Waals surface area contributed by atoms with Crippen LogP contribution in [0.5, 0.6) is 0 Å². The quantitative estimate of drug-likeness (QED) is 0.464. The SMILES string of the molecule is O=[N+]([O-])C=Cc1ccc(CSc2ccccc2)cc1. The van der Waals surface area contributed by atoms with Crippen molar-refractivity contribution in [2.75, 3.05) is 0 Å². The average Bonchev–Trinajstić information content (AvgIpc) is 2.45. The first-order valence-electron chi connectivity index (χ1n) is 5.82. The van der Waals surface area contributed by atoms with E-state index in [1.807, 2.05) is 42.5 Å². The van der Waals surface area contributed by atoms with Crippen LogP contribution in [0.1, 0.15) is 11.1 Å². The molecule has 0 N–H and O–H groups in total. The van der Waals surface area contributed by atoms with Gasteiger partial charge in [-0.25, -0.2) is 0 Å². The normalized spacial score (nSPS) is 10.7. The van der Waals surface area contributed by atoms with E-state index in [0.717, 1.165) is 17.5 Å². The van der Waals surface area contributed by atoms with Crippen molar-refractivity contribution in [3.63, 3.8) is 0 Å². The van der Waals surface area contributed by atoms with Gasteiger partial charge in [0, 0.05) is 16.7 Å². The molecule has 0 heterocycles. The molecule has 0 fully saturated rings. The lowest BCUT2D eigenvalue weighted by molar-refractivity contribution is -0.400. The molecule has 2 rings (SSSR count). The molecule has 0 aromatic heterocycles. The highest BCUT2D eigenvalue weighted by atomic mass is 32.2. The molecule has 0 amide bonds. The molecule has 3 nitrogen and oxygen atoms in total. The van der Waals surface area contributed by atoms with Gasteiger partial charge in [-0.15, -0.1) is 11.8 Å². The molecule has 19 heavy (non-hydrogen) atoms. The maximum absolute atomic E-state index is 10.2. The number of benzene rings is 2. The van der Waals surface area contributed by atoms with Crippen molar-refractivity contribution in [2.24, 2.45) is 0 Å². The topological polar surface area (TPSA) is 43.1 Å². The average molecular weight is 271 g/mol. The van der Waals surface area contributed by atoms with E-state index in [4.69, 9.17) is 0 Å². The highest BCUT2D eigenvalue weighted by Crippen LogP contribution is 2.22. The summed E-state index contributed by atoms with van der Waals surface area (Å²) >= 11 is 1.77. The largest absolute Gasteiger partial charge is 0.259 e. The predicted octanol–water partition coefficient (Wildman–Crippen LogP) is 4.23. The summed E-state index contributed by atoms with van der Waals surface area (Å²) in [6.07, 6.45) is 2.45. The van der Waals surface area contributed by atoms with Crippen LogP contribution in [0.3, 0.4) is 0 Å². The number of nitrogens with zero attached hydrogens (tertiary/aromatic N) is 1. The Morgan fingerprint density at radius 1 is 1.05 bits per heavy atom. The third-order valence-electron chi connectivity index (χ3n) is 2.52. The third-order valence-corrected chi connectivity index (χ3v) is 3.60. The Labute approximate surface area is 116 Å². The summed E-state index contributed by atoms with van der Waals surface area (Å²) in [5, 5.41) is 10.2. The van der Waals surface area contributed by atoms with Crippen molar-refractivity contribution < 1.29 is 4.92 Å². The fourth-order valence-corrected chi connectivity index (χ4v) is 2.43. The van der Waals surface area contributed by atoms with Crippen LogP contribution in [0.25, 0.3) is 6.08 Å². The van der Waals surface area contributed by atoms with Crippen LogP contribution in [0, 0.1) is 10.1 Å². The third kappa shape index (κ3) is 4.60. The van der Waals surface area contributed by atoms with Crippen LogP contribution in [-0.4, -0.2) is 4.92 Å². The van der Waals surface area contributed by atoms with E-state index in [1.165, 1.54) is 16.5 Å². The Hall–Kier alpha value is -2.07. The van der Waals surface area contributed by atoms with Crippen molar-refractivity contribution in [3.8, 4) is 0 Å². The number of rotatable bonds is 5. The summed E-state index contributed by atoms with van der Waals surface area (Å²) in [4.78, 5) is 11.0. The Kier molecular flexibility index (Phi) is 4.75. The van der Waals surface area contributed by atoms with E-state index in [1.54, 1.807) is 11.8 Å². The molecule has 0 atom stereocenters. The first-order chi connectivity index (χ1) is 9.24. The second-order valence-corrected chi connectivity index (χ2v) is 4.99. The zero-order valence-electron chi connectivity index (χ0n) is 10.2. The molecular formula is C15H13NO2S. The van der Waals surface area contributed by atoms with Crippen molar-refractivity contribution in [1.29, 1.82) is 0 Å². The zero-order chi connectivity index (χ0) is 13.5. The molecule has 0 saturated carbocycles. The second-order valence-electron chi connectivity index (χ2n) is 3.94. The van der Waals surface area contributed by atoms with Crippen LogP contribution in [0.4, 0.5) is 0 Å². The van der Waals surface area contributed by atoms with Crippen LogP contribution < -0.4 is 0 Å². The summed E-state index contributed by atoms with van der Waals surface area (Å²) in [6, 6.07) is 18.0. The first-order valence-corrected chi connectivity index (χ1v) is 6.81. The fraction of sp³-hybridized carbons (Fsp3) is 0.0667. The van der Waals surface area contributed by atoms with Gasteiger partial charge in [-0.05, 0) is 23.3 Å². The van der Waals surface area contributed by atoms with Gasteiger partial charge in [-0.2, -0.15) is 0 Å². The van der Waals surface area contributed by atoms with Crippen LogP contribution in [0.15, 0.2) is 65.7 Å². The van der Waals surface area contributed by atoms with Gasteiger partial charge in [0.2, 0.25) is 6.20 Å². The van der Waals surface area contributed by atoms with E-state index in [9.17, 15) is 10.1 Å². The maximum Gasteiger partial charge on any atom is 0.235 e. The molecule has 0 saturated heterocycles. The van der Waals surface area contributed by atoms with Gasteiger partial charge in [0.15, 0.2) is 0 Å². The van der Waals surface area contributed by atoms with Gasteiger partial charge in [0.1, 0.15) is 0 Å². The molecule has 4 heteroatoms. The van der Waals surface area contributed by atoms with E-state index >= 15 is 0 Å². The van der Waals surface area contributed by atoms with Crippen LogP contribution >= 0.6 is 11.8 Å². The van der Waals surface area contributed by atoms with Gasteiger partial charge in [-0.1, -0.05) is 42.5 Å². The molecule has 0 bridgehead atoms. The van der Waals surface area contributed by atoms with Crippen molar-refractivity contribution in [2.45, 2.75) is 10.6 Å². The lowest BCUT2D eigenvalue weighted by atomic mass is 10.1. The molecule has 0 aliphatic carbocycles. The number of nitro groups is 1. The molecule has 0 radical (unpaired) electrons. The molecule has 2 aromatic carbocycles. The Bertz CT molecular complexity index is 564. The summed E-state index contributed by atoms with van der Waals surface area (Å²) in [5.74, 6) is 0.892. The Morgan fingerprint density at radius 3 is 2.37 bits per heavy atom. The smallest absolute Gasteiger partial charge is 0.235 e. The van der Waals surface area contributed by atoms with Gasteiger partial charge in [-0.3, -0.25) is 10.1 Å². The summed E-state index contributed by atoms with van der Waals surface area (Å²) in [7, 11) is 0. The molecule has 0 aliphatic heterocycles. The minimum atomic E-state index is -0.459. The van der Waals surface area contributed by atoms with Crippen molar-refractivity contribution in [3.05, 3.63) is 82.0 Å². The summed E-state index contributed by atoms with van der Waals surface area (Å²) in [6.45, 7) is 0. The van der Waals surface area contributed by atoms with Gasteiger partial charge in [0.05, 0.1) is 4.92 Å². The lowest BCUT2D eigenvalue weighted by Crippen LogP contribution is -1.84. The number of hydrogen-bond donors (Lipinski definition) is 0. The number of thioether (sulfide) groups is 1. The Morgan fingerprint density at radius 2 is 1.74 bits per heavy atom. The standard InChI is InChI=1S/C15H13NO2S/c17-16(18)11-10-13-6-8-14(9-7-13)12-19-15-4-2-1-3-5-15/h1-11H,12H2. The van der Waals surface area contributed by atoms with Crippen LogP contribution in [0.2, 0.25) is 0 Å². The van der Waals surface area contributed by atoms with E-state index in [0.29, 0.717) is 0 Å². The predicted molar refractivity (Wildman–Crippen MR) is 78.5 cm³/mol.